The maximum absolute atomic E-state index is 12.5. The molecule has 174 valence electrons. The number of hydrogen-bond acceptors (Lipinski definition) is 5. The first-order valence-electron chi connectivity index (χ1n) is 10.8. The Balaban J connectivity index is 1.71. The number of methoxy groups -OCH3 is 1. The smallest absolute Gasteiger partial charge is 0.248 e. The van der Waals surface area contributed by atoms with E-state index in [0.29, 0.717) is 53.6 Å². The minimum absolute atomic E-state index is 0.244. The zero-order valence-electron chi connectivity index (χ0n) is 18.9. The van der Waals surface area contributed by atoms with Gasteiger partial charge in [-0.3, -0.25) is 19.7 Å². The highest BCUT2D eigenvalue weighted by molar-refractivity contribution is 6.32. The van der Waals surface area contributed by atoms with Gasteiger partial charge in [-0.1, -0.05) is 30.7 Å². The summed E-state index contributed by atoms with van der Waals surface area (Å²) in [4.78, 5) is 36.5. The van der Waals surface area contributed by atoms with Crippen molar-refractivity contribution in [1.82, 2.24) is 5.32 Å². The number of carbonyl (C=O) groups is 3. The average molecular weight is 471 g/mol. The highest BCUT2D eigenvalue weighted by atomic mass is 35.5. The predicted octanol–water partition coefficient (Wildman–Crippen LogP) is 4.48. The van der Waals surface area contributed by atoms with E-state index in [4.69, 9.17) is 21.1 Å². The van der Waals surface area contributed by atoms with Crippen LogP contribution in [0.3, 0.4) is 0 Å². The molecule has 33 heavy (non-hydrogen) atoms. The summed E-state index contributed by atoms with van der Waals surface area (Å²) >= 11 is 6.25. The van der Waals surface area contributed by atoms with Crippen molar-refractivity contribution in [3.05, 3.63) is 58.6 Å². The summed E-state index contributed by atoms with van der Waals surface area (Å²) < 4.78 is 10.8. The second-order valence-electron chi connectivity index (χ2n) is 7.68. The molecule has 7 nitrogen and oxygen atoms in total. The number of imide groups is 1. The highest BCUT2D eigenvalue weighted by Crippen LogP contribution is 2.37. The Morgan fingerprint density at radius 2 is 1.94 bits per heavy atom. The standard InChI is InChI=1S/C25H27ClN2O5/c1-4-25(13-12-22(30)28-24(25)31)17-7-9-18(10-8-17)27-21(29)11-6-16-14-19(26)23(32-3)20(15-16)33-5-2/h6-11,14-15H,4-5,12-13H2,1-3H3,(H,27,29)(H,28,30,31)/b11-6+. The van der Waals surface area contributed by atoms with Crippen LogP contribution in [0.5, 0.6) is 11.5 Å². The molecule has 0 aliphatic carbocycles. The van der Waals surface area contributed by atoms with Crippen LogP contribution >= 0.6 is 11.6 Å². The van der Waals surface area contributed by atoms with Crippen molar-refractivity contribution < 1.29 is 23.9 Å². The summed E-state index contributed by atoms with van der Waals surface area (Å²) in [6, 6.07) is 10.6. The van der Waals surface area contributed by atoms with Gasteiger partial charge in [0.25, 0.3) is 0 Å². The van der Waals surface area contributed by atoms with Gasteiger partial charge in [-0.2, -0.15) is 0 Å². The van der Waals surface area contributed by atoms with Gasteiger partial charge >= 0.3 is 0 Å². The van der Waals surface area contributed by atoms with Crippen LogP contribution in [0.2, 0.25) is 5.02 Å². The molecule has 1 heterocycles. The topological polar surface area (TPSA) is 93.7 Å². The Morgan fingerprint density at radius 3 is 2.55 bits per heavy atom. The van der Waals surface area contributed by atoms with Crippen LogP contribution in [-0.2, 0) is 19.8 Å². The van der Waals surface area contributed by atoms with Gasteiger partial charge in [0.05, 0.1) is 24.2 Å². The molecule has 1 fully saturated rings. The van der Waals surface area contributed by atoms with Crippen LogP contribution in [0.25, 0.3) is 6.08 Å². The molecule has 2 aromatic carbocycles. The normalized spacial score (nSPS) is 18.2. The molecular formula is C25H27ClN2O5. The molecule has 2 N–H and O–H groups in total. The number of ether oxygens (including phenoxy) is 2. The summed E-state index contributed by atoms with van der Waals surface area (Å²) in [7, 11) is 1.51. The number of rotatable bonds is 8. The maximum Gasteiger partial charge on any atom is 0.248 e. The SMILES string of the molecule is CCOc1cc(/C=C/C(=O)Nc2ccc(C3(CC)CCC(=O)NC3=O)cc2)cc(Cl)c1OC. The van der Waals surface area contributed by atoms with E-state index in [1.165, 1.54) is 13.2 Å². The molecule has 3 rings (SSSR count). The molecule has 0 bridgehead atoms. The van der Waals surface area contributed by atoms with Crippen molar-refractivity contribution in [3.63, 3.8) is 0 Å². The molecule has 2 aromatic rings. The number of hydrogen-bond donors (Lipinski definition) is 2. The Morgan fingerprint density at radius 1 is 1.21 bits per heavy atom. The molecule has 1 atom stereocenters. The third kappa shape index (κ3) is 5.37. The first kappa shape index (κ1) is 24.3. The molecule has 0 spiro atoms. The molecule has 8 heteroatoms. The number of piperidine rings is 1. The van der Waals surface area contributed by atoms with Gasteiger partial charge in [0.15, 0.2) is 11.5 Å². The first-order chi connectivity index (χ1) is 15.8. The van der Waals surface area contributed by atoms with Crippen LogP contribution in [0.1, 0.15) is 44.2 Å². The van der Waals surface area contributed by atoms with Gasteiger partial charge in [0.1, 0.15) is 0 Å². The van der Waals surface area contributed by atoms with Crippen LogP contribution < -0.4 is 20.1 Å². The number of amides is 3. The Labute approximate surface area is 198 Å². The van der Waals surface area contributed by atoms with Gasteiger partial charge in [-0.25, -0.2) is 0 Å². The summed E-state index contributed by atoms with van der Waals surface area (Å²) in [5.74, 6) is 0.109. The van der Waals surface area contributed by atoms with Crippen molar-refractivity contribution >= 4 is 41.1 Å². The summed E-state index contributed by atoms with van der Waals surface area (Å²) in [5.41, 5.74) is 1.37. The van der Waals surface area contributed by atoms with E-state index in [1.54, 1.807) is 30.3 Å². The fourth-order valence-corrected chi connectivity index (χ4v) is 4.24. The number of benzene rings is 2. The predicted molar refractivity (Wildman–Crippen MR) is 128 cm³/mol. The van der Waals surface area contributed by atoms with E-state index in [0.717, 1.165) is 5.56 Å². The number of halogens is 1. The lowest BCUT2D eigenvalue weighted by atomic mass is 9.72. The molecule has 1 unspecified atom stereocenters. The van der Waals surface area contributed by atoms with E-state index < -0.39 is 5.41 Å². The molecule has 1 aliphatic rings. The second kappa shape index (κ2) is 10.5. The lowest BCUT2D eigenvalue weighted by Gasteiger charge is -2.35. The van der Waals surface area contributed by atoms with E-state index in [1.807, 2.05) is 26.0 Å². The number of anilines is 1. The van der Waals surface area contributed by atoms with Crippen molar-refractivity contribution in [2.45, 2.75) is 38.5 Å². The summed E-state index contributed by atoms with van der Waals surface area (Å²) in [6.07, 6.45) is 4.39. The minimum Gasteiger partial charge on any atom is -0.491 e. The Kier molecular flexibility index (Phi) is 7.76. The quantitative estimate of drug-likeness (QED) is 0.438. The Bertz CT molecular complexity index is 1080. The first-order valence-corrected chi connectivity index (χ1v) is 11.1. The molecular weight excluding hydrogens is 444 g/mol. The molecule has 0 radical (unpaired) electrons. The lowest BCUT2D eigenvalue weighted by Crippen LogP contribution is -2.51. The third-order valence-corrected chi connectivity index (χ3v) is 6.02. The number of carbonyl (C=O) groups excluding carboxylic acids is 3. The van der Waals surface area contributed by atoms with E-state index in [-0.39, 0.29) is 17.7 Å². The zero-order chi connectivity index (χ0) is 24.0. The van der Waals surface area contributed by atoms with Crippen LogP contribution in [-0.4, -0.2) is 31.4 Å². The van der Waals surface area contributed by atoms with Gasteiger partial charge < -0.3 is 14.8 Å². The fourth-order valence-electron chi connectivity index (χ4n) is 3.94. The molecule has 0 aromatic heterocycles. The van der Waals surface area contributed by atoms with Crippen LogP contribution in [0.15, 0.2) is 42.5 Å². The van der Waals surface area contributed by atoms with Crippen molar-refractivity contribution in [1.29, 1.82) is 0 Å². The van der Waals surface area contributed by atoms with Crippen molar-refractivity contribution in [3.8, 4) is 11.5 Å². The summed E-state index contributed by atoms with van der Waals surface area (Å²) in [6.45, 7) is 4.24. The molecule has 0 saturated carbocycles. The number of nitrogens with one attached hydrogen (secondary N) is 2. The summed E-state index contributed by atoms with van der Waals surface area (Å²) in [5, 5.41) is 5.62. The zero-order valence-corrected chi connectivity index (χ0v) is 19.6. The highest BCUT2D eigenvalue weighted by Gasteiger charge is 2.42. The Hall–Kier alpha value is -3.32. The molecule has 1 aliphatic heterocycles. The average Bonchev–Trinajstić information content (AvgIpc) is 2.79. The van der Waals surface area contributed by atoms with Crippen molar-refractivity contribution in [2.24, 2.45) is 0 Å². The van der Waals surface area contributed by atoms with E-state index >= 15 is 0 Å². The van der Waals surface area contributed by atoms with Gasteiger partial charge in [0, 0.05) is 18.2 Å². The van der Waals surface area contributed by atoms with E-state index in [9.17, 15) is 14.4 Å². The maximum atomic E-state index is 12.5. The second-order valence-corrected chi connectivity index (χ2v) is 8.09. The fraction of sp³-hybridized carbons (Fsp3) is 0.320. The van der Waals surface area contributed by atoms with Gasteiger partial charge in [0.2, 0.25) is 17.7 Å². The van der Waals surface area contributed by atoms with Gasteiger partial charge in [-0.05, 0) is 61.2 Å². The third-order valence-electron chi connectivity index (χ3n) is 5.74. The monoisotopic (exact) mass is 470 g/mol. The lowest BCUT2D eigenvalue weighted by molar-refractivity contribution is -0.138. The van der Waals surface area contributed by atoms with Gasteiger partial charge in [-0.15, -0.1) is 0 Å². The molecule has 1 saturated heterocycles. The molecule has 3 amide bonds. The van der Waals surface area contributed by atoms with E-state index in [2.05, 4.69) is 10.6 Å². The van der Waals surface area contributed by atoms with Crippen LogP contribution in [0.4, 0.5) is 5.69 Å². The largest absolute Gasteiger partial charge is 0.491 e. The van der Waals surface area contributed by atoms with Crippen LogP contribution in [0, 0.1) is 0 Å². The minimum atomic E-state index is -0.734. The van der Waals surface area contributed by atoms with Crippen molar-refractivity contribution in [2.75, 3.05) is 19.0 Å².